The van der Waals surface area contributed by atoms with E-state index in [4.69, 9.17) is 27.4 Å². The molecule has 5 rings (SSSR count). The number of hydrogen-bond donors (Lipinski definition) is 3. The van der Waals surface area contributed by atoms with E-state index in [0.29, 0.717) is 40.8 Å². The van der Waals surface area contributed by atoms with Crippen LogP contribution in [-0.2, 0) is 13.0 Å². The first-order chi connectivity index (χ1) is 20.0. The highest BCUT2D eigenvalue weighted by Crippen LogP contribution is 2.32. The van der Waals surface area contributed by atoms with Crippen LogP contribution in [0.5, 0.6) is 0 Å². The number of unbranched alkanes of at least 4 members (excludes halogenated alkanes) is 1. The Morgan fingerprint density at radius 1 is 0.976 bits per heavy atom. The molecule has 210 valence electrons. The number of rotatable bonds is 11. The zero-order chi connectivity index (χ0) is 28.8. The van der Waals surface area contributed by atoms with Crippen molar-refractivity contribution in [3.8, 4) is 22.4 Å². The van der Waals surface area contributed by atoms with Crippen molar-refractivity contribution < 1.29 is 5.11 Å². The van der Waals surface area contributed by atoms with E-state index in [1.165, 1.54) is 0 Å². The average Bonchev–Trinajstić information content (AvgIpc) is 2.98. The molecular weight excluding hydrogens is 536 g/mol. The second-order valence-corrected chi connectivity index (χ2v) is 10.4. The van der Waals surface area contributed by atoms with Gasteiger partial charge in [0.1, 0.15) is 5.65 Å². The molecule has 4 N–H and O–H groups in total. The summed E-state index contributed by atoms with van der Waals surface area (Å²) < 4.78 is 1.69. The molecule has 0 radical (unpaired) electrons. The lowest BCUT2D eigenvalue weighted by Crippen LogP contribution is -2.24. The van der Waals surface area contributed by atoms with E-state index in [0.717, 1.165) is 59.3 Å². The van der Waals surface area contributed by atoms with Crippen molar-refractivity contribution in [1.29, 1.82) is 0 Å². The highest BCUT2D eigenvalue weighted by atomic mass is 35.5. The number of nitrogens with two attached hydrogens (primary N) is 1. The maximum absolute atomic E-state index is 13.9. The number of aliphatic hydroxyl groups excluding tert-OH is 1. The zero-order valence-corrected chi connectivity index (χ0v) is 23.7. The topological polar surface area (TPSA) is 119 Å². The van der Waals surface area contributed by atoms with Crippen molar-refractivity contribution in [2.75, 3.05) is 18.5 Å². The van der Waals surface area contributed by atoms with Gasteiger partial charge in [-0.1, -0.05) is 41.9 Å². The van der Waals surface area contributed by atoms with Crippen LogP contribution in [0.3, 0.4) is 0 Å². The maximum Gasteiger partial charge on any atom is 0.260 e. The van der Waals surface area contributed by atoms with Gasteiger partial charge in [0, 0.05) is 57.8 Å². The number of benzene rings is 2. The number of pyridine rings is 2. The summed E-state index contributed by atoms with van der Waals surface area (Å²) >= 11 is 6.76. The number of aryl methyl sites for hydroxylation is 3. The van der Waals surface area contributed by atoms with E-state index < -0.39 is 0 Å². The summed E-state index contributed by atoms with van der Waals surface area (Å²) in [5.74, 6) is 0.397. The molecule has 0 spiro atoms. The molecular formula is C32H33ClN6O2. The van der Waals surface area contributed by atoms with Crippen LogP contribution in [0, 0.1) is 6.92 Å². The summed E-state index contributed by atoms with van der Waals surface area (Å²) in [6.07, 6.45) is 4.79. The molecule has 5 aromatic rings. The minimum absolute atomic E-state index is 0.169. The summed E-state index contributed by atoms with van der Waals surface area (Å²) in [5, 5.41) is 13.5. The number of fused-ring (bicyclic) bond motifs is 1. The van der Waals surface area contributed by atoms with Crippen LogP contribution in [0.25, 0.3) is 33.4 Å². The van der Waals surface area contributed by atoms with E-state index >= 15 is 0 Å². The van der Waals surface area contributed by atoms with Crippen LogP contribution >= 0.6 is 11.6 Å². The number of aliphatic hydroxyl groups is 1. The molecule has 41 heavy (non-hydrogen) atoms. The molecule has 0 unspecified atom stereocenters. The fraction of sp³-hybridized carbons (Fsp3) is 0.250. The Labute approximate surface area is 243 Å². The van der Waals surface area contributed by atoms with Crippen LogP contribution in [0.2, 0.25) is 5.02 Å². The SMILES string of the molecule is Cc1cccc(-c2ccc(-c3cc4cnc(Nc5ccc(CCCO)cc5)nc4n(CCCCN)c3=O)c(Cl)c2)n1. The highest BCUT2D eigenvalue weighted by molar-refractivity contribution is 6.33. The molecule has 0 aliphatic rings. The van der Waals surface area contributed by atoms with E-state index in [9.17, 15) is 4.79 Å². The molecule has 0 saturated carbocycles. The summed E-state index contributed by atoms with van der Waals surface area (Å²) in [7, 11) is 0. The normalized spacial score (nSPS) is 11.2. The first-order valence-corrected chi connectivity index (χ1v) is 14.2. The van der Waals surface area contributed by atoms with Crippen LogP contribution in [-0.4, -0.2) is 37.8 Å². The highest BCUT2D eigenvalue weighted by Gasteiger charge is 2.16. The third-order valence-corrected chi connectivity index (χ3v) is 7.25. The van der Waals surface area contributed by atoms with Crippen LogP contribution < -0.4 is 16.6 Å². The zero-order valence-electron chi connectivity index (χ0n) is 23.0. The Hall–Kier alpha value is -4.11. The number of aromatic nitrogens is 4. The summed E-state index contributed by atoms with van der Waals surface area (Å²) in [4.78, 5) is 27.7. The first kappa shape index (κ1) is 28.4. The molecule has 0 aliphatic heterocycles. The van der Waals surface area contributed by atoms with E-state index in [1.54, 1.807) is 10.8 Å². The third kappa shape index (κ3) is 6.62. The van der Waals surface area contributed by atoms with Gasteiger partial charge in [-0.15, -0.1) is 0 Å². The lowest BCUT2D eigenvalue weighted by molar-refractivity contribution is 0.288. The third-order valence-electron chi connectivity index (χ3n) is 6.94. The van der Waals surface area contributed by atoms with E-state index in [1.807, 2.05) is 73.7 Å². The summed E-state index contributed by atoms with van der Waals surface area (Å²) in [6, 6.07) is 21.2. The largest absolute Gasteiger partial charge is 0.396 e. The first-order valence-electron chi connectivity index (χ1n) is 13.8. The Bertz CT molecular complexity index is 1720. The standard InChI is InChI=1S/C32H33ClN6O2/c1-21-6-4-8-29(36-21)23-11-14-26(28(33)19-23)27-18-24-20-35-32(37-25-12-9-22(10-13-25)7-5-17-40)38-30(24)39(31(27)41)16-3-2-15-34/h4,6,8-14,18-20,40H,2-3,5,7,15-17,34H2,1H3,(H,35,37,38). The minimum Gasteiger partial charge on any atom is -0.396 e. The van der Waals surface area contributed by atoms with Crippen molar-refractivity contribution in [3.63, 3.8) is 0 Å². The fourth-order valence-corrected chi connectivity index (χ4v) is 5.08. The molecule has 0 aliphatic carbocycles. The molecule has 0 bridgehead atoms. The van der Waals surface area contributed by atoms with Crippen LogP contribution in [0.15, 0.2) is 77.7 Å². The van der Waals surface area contributed by atoms with Gasteiger partial charge in [-0.25, -0.2) is 4.98 Å². The second kappa shape index (κ2) is 13.0. The van der Waals surface area contributed by atoms with Gasteiger partial charge < -0.3 is 16.2 Å². The van der Waals surface area contributed by atoms with Crippen molar-refractivity contribution in [2.24, 2.45) is 5.73 Å². The average molecular weight is 569 g/mol. The molecule has 0 fully saturated rings. The van der Waals surface area contributed by atoms with Gasteiger partial charge in [0.15, 0.2) is 0 Å². The van der Waals surface area contributed by atoms with Gasteiger partial charge in [0.25, 0.3) is 5.56 Å². The van der Waals surface area contributed by atoms with Crippen molar-refractivity contribution in [2.45, 2.75) is 39.2 Å². The van der Waals surface area contributed by atoms with Crippen molar-refractivity contribution >= 4 is 34.3 Å². The quantitative estimate of drug-likeness (QED) is 0.170. The number of halogens is 1. The Balaban J connectivity index is 1.51. The molecule has 0 amide bonds. The van der Waals surface area contributed by atoms with Gasteiger partial charge in [0.2, 0.25) is 5.95 Å². The predicted molar refractivity (Wildman–Crippen MR) is 166 cm³/mol. The fourth-order valence-electron chi connectivity index (χ4n) is 4.80. The Morgan fingerprint density at radius 3 is 2.54 bits per heavy atom. The van der Waals surface area contributed by atoms with Gasteiger partial charge in [-0.3, -0.25) is 14.3 Å². The lowest BCUT2D eigenvalue weighted by Gasteiger charge is -2.15. The van der Waals surface area contributed by atoms with E-state index in [2.05, 4.69) is 15.3 Å². The Kier molecular flexibility index (Phi) is 9.04. The van der Waals surface area contributed by atoms with Gasteiger partial charge in [-0.2, -0.15) is 4.98 Å². The predicted octanol–water partition coefficient (Wildman–Crippen LogP) is 5.89. The van der Waals surface area contributed by atoms with Crippen LogP contribution in [0.1, 0.15) is 30.5 Å². The number of nitrogens with one attached hydrogen (secondary N) is 1. The lowest BCUT2D eigenvalue weighted by atomic mass is 10.0. The molecule has 2 aromatic carbocycles. The summed E-state index contributed by atoms with van der Waals surface area (Å²) in [5.41, 5.74) is 11.9. The molecule has 9 heteroatoms. The monoisotopic (exact) mass is 568 g/mol. The maximum atomic E-state index is 13.9. The number of nitrogens with zero attached hydrogens (tertiary/aromatic N) is 4. The summed E-state index contributed by atoms with van der Waals surface area (Å²) in [6.45, 7) is 3.13. The number of anilines is 2. The van der Waals surface area contributed by atoms with Crippen molar-refractivity contribution in [3.05, 3.63) is 99.6 Å². The van der Waals surface area contributed by atoms with E-state index in [-0.39, 0.29) is 12.2 Å². The smallest absolute Gasteiger partial charge is 0.260 e. The molecule has 0 atom stereocenters. The number of hydrogen-bond acceptors (Lipinski definition) is 7. The Morgan fingerprint density at radius 2 is 1.80 bits per heavy atom. The molecule has 0 saturated heterocycles. The second-order valence-electron chi connectivity index (χ2n) is 9.99. The molecule has 3 heterocycles. The molecule has 8 nitrogen and oxygen atoms in total. The van der Waals surface area contributed by atoms with Gasteiger partial charge in [0.05, 0.1) is 5.69 Å². The van der Waals surface area contributed by atoms with Crippen LogP contribution in [0.4, 0.5) is 11.6 Å². The minimum atomic E-state index is -0.171. The van der Waals surface area contributed by atoms with Gasteiger partial charge >= 0.3 is 0 Å². The van der Waals surface area contributed by atoms with Gasteiger partial charge in [-0.05, 0) is 81.1 Å². The molecule has 3 aromatic heterocycles. The van der Waals surface area contributed by atoms with Crippen molar-refractivity contribution in [1.82, 2.24) is 19.5 Å².